The van der Waals surface area contributed by atoms with E-state index in [0.29, 0.717) is 0 Å². The second-order valence-corrected chi connectivity index (χ2v) is 5.47. The third-order valence-corrected chi connectivity index (χ3v) is 3.28. The fraction of sp³-hybridized carbons (Fsp3) is 0.143. The minimum Gasteiger partial charge on any atom is -0.512 e. The zero-order chi connectivity index (χ0) is 18.1. The van der Waals surface area contributed by atoms with Crippen molar-refractivity contribution >= 4 is 11.4 Å². The average molecular weight is 526 g/mol. The van der Waals surface area contributed by atoms with Gasteiger partial charge in [0.25, 0.3) is 0 Å². The summed E-state index contributed by atoms with van der Waals surface area (Å²) < 4.78 is 2.09. The maximum atomic E-state index is 10.0. The van der Waals surface area contributed by atoms with Crippen molar-refractivity contribution < 1.29 is 30.0 Å². The van der Waals surface area contributed by atoms with Crippen LogP contribution < -0.4 is 0 Å². The number of allylic oxidation sites excluding steroid dienone is 8. The Bertz CT molecular complexity index is 827. The Hall–Kier alpha value is -2.49. The van der Waals surface area contributed by atoms with Gasteiger partial charge in [-0.2, -0.15) is 18.2 Å². The van der Waals surface area contributed by atoms with Gasteiger partial charge in [0, 0.05) is 50.1 Å². The van der Waals surface area contributed by atoms with E-state index in [-0.39, 0.29) is 31.6 Å². The Kier molecular flexibility index (Phi) is 9.27. The topological polar surface area (TPSA) is 55.1 Å². The zero-order valence-corrected chi connectivity index (χ0v) is 17.1. The van der Waals surface area contributed by atoms with Crippen LogP contribution in [0.4, 0.5) is 0 Å². The van der Waals surface area contributed by atoms with Crippen molar-refractivity contribution in [2.75, 3.05) is 0 Å². The molecule has 0 aliphatic heterocycles. The number of hydrogen-bond acceptors (Lipinski definition) is 3. The summed E-state index contributed by atoms with van der Waals surface area (Å²) in [4.78, 5) is 14.5. The minimum atomic E-state index is -0.125. The molecule has 5 heteroatoms. The van der Waals surface area contributed by atoms with Crippen LogP contribution in [0.2, 0.25) is 0 Å². The maximum Gasteiger partial charge on any atom is 0.155 e. The monoisotopic (exact) mass is 526 g/mol. The number of carbonyl (C=O) groups excluding carboxylic acids is 1. The average Bonchev–Trinajstić information content (AvgIpc) is 2.90. The number of nitrogens with zero attached hydrogens (tertiary/aromatic N) is 2. The Morgan fingerprint density at radius 1 is 1.23 bits per heavy atom. The summed E-state index contributed by atoms with van der Waals surface area (Å²) in [6.07, 6.45) is 17.2. The molecule has 0 amide bonds. The Balaban J connectivity index is 0.000000366. The molecule has 1 aliphatic rings. The Morgan fingerprint density at radius 2 is 1.96 bits per heavy atom. The van der Waals surface area contributed by atoms with Crippen LogP contribution in [-0.4, -0.2) is 20.4 Å². The first-order valence-electron chi connectivity index (χ1n) is 7.99. The van der Waals surface area contributed by atoms with Crippen LogP contribution in [0.15, 0.2) is 78.9 Å². The van der Waals surface area contributed by atoms with E-state index in [4.69, 9.17) is 5.11 Å². The quantitative estimate of drug-likeness (QED) is 0.362. The standard InChI is InChI=1S/C16H13N2.C5H8O2.Ir/c1-2-5-9-14(8-4-1)16-17-12-13-18(16)15-10-6-3-7-11-15;1-4(6)3-5(2)7;/h1-7,10-13H,8H2;3,6H,1-2H3;/q-1;;/b;4-3-;. The van der Waals surface area contributed by atoms with Gasteiger partial charge >= 0.3 is 0 Å². The molecule has 1 radical (unpaired) electrons. The fourth-order valence-electron chi connectivity index (χ4n) is 2.30. The summed E-state index contributed by atoms with van der Waals surface area (Å²) in [5.74, 6) is 0.893. The number of aromatic nitrogens is 2. The van der Waals surface area contributed by atoms with Gasteiger partial charge in [-0.3, -0.25) is 4.79 Å². The van der Waals surface area contributed by atoms with E-state index in [0.717, 1.165) is 23.5 Å². The molecule has 1 aliphatic carbocycles. The van der Waals surface area contributed by atoms with Gasteiger partial charge in [0.2, 0.25) is 0 Å². The number of hydrogen-bond donors (Lipinski definition) is 1. The number of aliphatic hydroxyl groups excluding tert-OH is 1. The molecule has 4 nitrogen and oxygen atoms in total. The number of rotatable bonds is 3. The Morgan fingerprint density at radius 3 is 2.58 bits per heavy atom. The summed E-state index contributed by atoms with van der Waals surface area (Å²) in [5, 5.41) is 8.36. The predicted octanol–water partition coefficient (Wildman–Crippen LogP) is 4.61. The molecule has 0 saturated heterocycles. The third-order valence-electron chi connectivity index (χ3n) is 3.28. The summed E-state index contributed by atoms with van der Waals surface area (Å²) in [6.45, 7) is 2.85. The SMILES string of the molecule is CC(=O)/C=C(/C)O.[C-]1=C(c2nccn2-c2ccccc2)CC=CC=C1.[Ir]. The molecule has 0 spiro atoms. The van der Waals surface area contributed by atoms with Crippen LogP contribution in [0.1, 0.15) is 26.1 Å². The van der Waals surface area contributed by atoms with Crippen molar-refractivity contribution in [1.29, 1.82) is 0 Å². The van der Waals surface area contributed by atoms with Crippen molar-refractivity contribution in [1.82, 2.24) is 9.55 Å². The number of carbonyl (C=O) groups is 1. The minimum absolute atomic E-state index is 0. The van der Waals surface area contributed by atoms with Gasteiger partial charge in [0.05, 0.1) is 5.76 Å². The van der Waals surface area contributed by atoms with E-state index in [1.54, 1.807) is 0 Å². The van der Waals surface area contributed by atoms with E-state index in [2.05, 4.69) is 33.8 Å². The normalized spacial score (nSPS) is 13.0. The third kappa shape index (κ3) is 6.79. The smallest absolute Gasteiger partial charge is 0.155 e. The molecular formula is C21H21IrN2O2-. The molecule has 0 bridgehead atoms. The van der Waals surface area contributed by atoms with E-state index >= 15 is 0 Å². The van der Waals surface area contributed by atoms with Crippen molar-refractivity contribution in [3.63, 3.8) is 0 Å². The second-order valence-electron chi connectivity index (χ2n) is 5.47. The summed E-state index contributed by atoms with van der Waals surface area (Å²) in [6, 6.07) is 10.2. The predicted molar refractivity (Wildman–Crippen MR) is 100 cm³/mol. The van der Waals surface area contributed by atoms with Gasteiger partial charge in [0.15, 0.2) is 5.78 Å². The summed E-state index contributed by atoms with van der Waals surface area (Å²) in [5.41, 5.74) is 2.23. The molecule has 137 valence electrons. The largest absolute Gasteiger partial charge is 0.512 e. The molecule has 1 heterocycles. The van der Waals surface area contributed by atoms with Gasteiger partial charge in [-0.15, -0.1) is 11.6 Å². The number of imidazole rings is 1. The van der Waals surface area contributed by atoms with E-state index in [9.17, 15) is 4.79 Å². The number of aliphatic hydroxyl groups is 1. The molecule has 0 atom stereocenters. The van der Waals surface area contributed by atoms with Crippen LogP contribution in [0.3, 0.4) is 0 Å². The molecule has 1 aromatic heterocycles. The number of ketones is 1. The number of benzene rings is 1. The van der Waals surface area contributed by atoms with Crippen LogP contribution in [0.5, 0.6) is 0 Å². The van der Waals surface area contributed by atoms with Crippen LogP contribution in [0.25, 0.3) is 11.3 Å². The first kappa shape index (κ1) is 21.6. The molecule has 1 N–H and O–H groups in total. The van der Waals surface area contributed by atoms with Crippen LogP contribution >= 0.6 is 0 Å². The first-order valence-corrected chi connectivity index (χ1v) is 7.99. The summed E-state index contributed by atoms with van der Waals surface area (Å²) in [7, 11) is 0. The first-order chi connectivity index (χ1) is 12.1. The molecule has 0 unspecified atom stereocenters. The molecule has 3 rings (SSSR count). The molecule has 2 aromatic rings. The van der Waals surface area contributed by atoms with Gasteiger partial charge in [-0.25, -0.2) is 0 Å². The van der Waals surface area contributed by atoms with Crippen LogP contribution in [-0.2, 0) is 24.9 Å². The Labute approximate surface area is 167 Å². The van der Waals surface area contributed by atoms with Gasteiger partial charge in [-0.1, -0.05) is 24.3 Å². The van der Waals surface area contributed by atoms with Crippen LogP contribution in [0, 0.1) is 6.08 Å². The van der Waals surface area contributed by atoms with Crippen molar-refractivity contribution in [3.05, 3.63) is 90.8 Å². The summed E-state index contributed by atoms with van der Waals surface area (Å²) >= 11 is 0. The molecule has 0 fully saturated rings. The number of para-hydroxylation sites is 1. The van der Waals surface area contributed by atoms with E-state index in [1.807, 2.05) is 48.8 Å². The van der Waals surface area contributed by atoms with Gasteiger partial charge < -0.3 is 14.7 Å². The fourth-order valence-corrected chi connectivity index (χ4v) is 2.30. The zero-order valence-electron chi connectivity index (χ0n) is 14.7. The second kappa shape index (κ2) is 11.2. The molecule has 26 heavy (non-hydrogen) atoms. The maximum absolute atomic E-state index is 10.0. The molecule has 1 aromatic carbocycles. The molecular weight excluding hydrogens is 504 g/mol. The van der Waals surface area contributed by atoms with Crippen molar-refractivity contribution in [2.24, 2.45) is 0 Å². The molecule has 0 saturated carbocycles. The van der Waals surface area contributed by atoms with Gasteiger partial charge in [-0.05, 0) is 32.4 Å². The van der Waals surface area contributed by atoms with Crippen molar-refractivity contribution in [2.45, 2.75) is 20.3 Å². The van der Waals surface area contributed by atoms with E-state index in [1.165, 1.54) is 19.9 Å². The van der Waals surface area contributed by atoms with Gasteiger partial charge in [0.1, 0.15) is 0 Å². The van der Waals surface area contributed by atoms with Crippen molar-refractivity contribution in [3.8, 4) is 5.69 Å². The van der Waals surface area contributed by atoms with E-state index < -0.39 is 0 Å².